The number of hydrogen-bond donors (Lipinski definition) is 1. The van der Waals surface area contributed by atoms with Crippen LogP contribution in [0.15, 0.2) is 36.4 Å². The molecule has 9 heteroatoms. The Morgan fingerprint density at radius 3 is 2.67 bits per heavy atom. The first kappa shape index (κ1) is 17.7. The Morgan fingerprint density at radius 2 is 1.96 bits per heavy atom. The van der Waals surface area contributed by atoms with E-state index in [-0.39, 0.29) is 13.0 Å². The molecule has 1 fully saturated rings. The third kappa shape index (κ3) is 3.59. The molecule has 0 aliphatic carbocycles. The number of hydrogen-bond acceptors (Lipinski definition) is 3. The van der Waals surface area contributed by atoms with Gasteiger partial charge in [0.2, 0.25) is 0 Å². The molecule has 3 aromatic rings. The van der Waals surface area contributed by atoms with E-state index in [1.54, 1.807) is 18.2 Å². The lowest BCUT2D eigenvalue weighted by molar-refractivity contribution is 0.0159. The van der Waals surface area contributed by atoms with E-state index in [0.717, 1.165) is 21.7 Å². The summed E-state index contributed by atoms with van der Waals surface area (Å²) in [5.41, 5.74) is 1.43. The van der Waals surface area contributed by atoms with Crippen LogP contribution in [0.1, 0.15) is 6.42 Å². The molecule has 1 aliphatic heterocycles. The van der Waals surface area contributed by atoms with Crippen LogP contribution in [-0.2, 0) is 0 Å². The van der Waals surface area contributed by atoms with Crippen molar-refractivity contribution < 1.29 is 22.4 Å². The Balaban J connectivity index is 1.56. The molecule has 0 bridgehead atoms. The van der Waals surface area contributed by atoms with Crippen molar-refractivity contribution in [2.75, 3.05) is 18.4 Å². The van der Waals surface area contributed by atoms with Crippen molar-refractivity contribution in [3.8, 4) is 10.6 Å². The smallest absolute Gasteiger partial charge is 0.318 e. The van der Waals surface area contributed by atoms with Crippen molar-refractivity contribution in [2.24, 2.45) is 0 Å². The van der Waals surface area contributed by atoms with Gasteiger partial charge in [-0.15, -0.1) is 11.3 Å². The minimum atomic E-state index is -2.85. The highest BCUT2D eigenvalue weighted by Crippen LogP contribution is 2.32. The average Bonchev–Trinajstić information content (AvgIpc) is 3.20. The first-order valence-corrected chi connectivity index (χ1v) is 8.92. The highest BCUT2D eigenvalue weighted by atomic mass is 32.1. The lowest BCUT2D eigenvalue weighted by Gasteiger charge is -2.16. The van der Waals surface area contributed by atoms with Gasteiger partial charge in [-0.25, -0.2) is 27.3 Å². The van der Waals surface area contributed by atoms with Crippen LogP contribution in [-0.4, -0.2) is 34.9 Å². The lowest BCUT2D eigenvalue weighted by atomic mass is 10.2. The molecule has 140 valence electrons. The van der Waals surface area contributed by atoms with E-state index in [1.807, 2.05) is 0 Å². The van der Waals surface area contributed by atoms with E-state index in [1.165, 1.54) is 17.4 Å². The van der Waals surface area contributed by atoms with Crippen molar-refractivity contribution in [1.29, 1.82) is 0 Å². The third-order valence-electron chi connectivity index (χ3n) is 4.26. The lowest BCUT2D eigenvalue weighted by Crippen LogP contribution is -2.34. The first-order chi connectivity index (χ1) is 12.8. The average molecular weight is 395 g/mol. The van der Waals surface area contributed by atoms with Gasteiger partial charge >= 0.3 is 6.03 Å². The van der Waals surface area contributed by atoms with E-state index >= 15 is 0 Å². The number of fused-ring (bicyclic) bond motifs is 1. The summed E-state index contributed by atoms with van der Waals surface area (Å²) < 4.78 is 53.8. The fraction of sp³-hybridized carbons (Fsp3) is 0.222. The Kier molecular flexibility index (Phi) is 4.26. The van der Waals surface area contributed by atoms with Gasteiger partial charge in [-0.3, -0.25) is 0 Å². The highest BCUT2D eigenvalue weighted by molar-refractivity contribution is 7.21. The number of nitrogens with zero attached hydrogens (tertiary/aromatic N) is 2. The summed E-state index contributed by atoms with van der Waals surface area (Å²) in [5, 5.41) is 3.09. The number of anilines is 1. The molecule has 2 heterocycles. The zero-order valence-electron chi connectivity index (χ0n) is 13.8. The molecular formula is C18H13F4N3OS. The summed E-state index contributed by atoms with van der Waals surface area (Å²) in [5.74, 6) is -4.74. The topological polar surface area (TPSA) is 45.2 Å². The summed E-state index contributed by atoms with van der Waals surface area (Å²) >= 11 is 1.30. The zero-order chi connectivity index (χ0) is 19.2. The maximum Gasteiger partial charge on any atom is 0.322 e. The predicted octanol–water partition coefficient (Wildman–Crippen LogP) is 5.11. The number of halogens is 4. The van der Waals surface area contributed by atoms with Crippen LogP contribution < -0.4 is 5.32 Å². The molecule has 0 radical (unpaired) electrons. The molecule has 0 spiro atoms. The summed E-state index contributed by atoms with van der Waals surface area (Å²) in [4.78, 5) is 17.6. The Hall–Kier alpha value is -2.68. The molecule has 0 unspecified atom stereocenters. The molecule has 1 aliphatic rings. The second-order valence-corrected chi connectivity index (χ2v) is 7.32. The molecule has 27 heavy (non-hydrogen) atoms. The second-order valence-electron chi connectivity index (χ2n) is 6.29. The van der Waals surface area contributed by atoms with E-state index in [9.17, 15) is 22.4 Å². The fourth-order valence-corrected chi connectivity index (χ4v) is 3.81. The third-order valence-corrected chi connectivity index (χ3v) is 5.35. The van der Waals surface area contributed by atoms with E-state index in [2.05, 4.69) is 10.3 Å². The van der Waals surface area contributed by atoms with Crippen LogP contribution in [0.25, 0.3) is 20.8 Å². The summed E-state index contributed by atoms with van der Waals surface area (Å²) in [6.07, 6.45) is -0.344. The number of urea groups is 1. The van der Waals surface area contributed by atoms with Crippen LogP contribution in [0, 0.1) is 11.6 Å². The minimum absolute atomic E-state index is 0.00193. The number of alkyl halides is 2. The Labute approximate surface area is 155 Å². The molecule has 1 saturated heterocycles. The molecule has 4 nitrogen and oxygen atoms in total. The van der Waals surface area contributed by atoms with Gasteiger partial charge in [0, 0.05) is 24.2 Å². The van der Waals surface area contributed by atoms with Gasteiger partial charge in [-0.1, -0.05) is 0 Å². The van der Waals surface area contributed by atoms with Crippen molar-refractivity contribution in [3.63, 3.8) is 0 Å². The number of rotatable bonds is 2. The summed E-state index contributed by atoms with van der Waals surface area (Å²) in [7, 11) is 0. The SMILES string of the molecule is O=C(Nc1ccc2sc(-c3ccc(F)c(F)c3)nc2c1)N1CCC(F)(F)C1. The molecule has 4 rings (SSSR count). The van der Waals surface area contributed by atoms with Gasteiger partial charge in [0.1, 0.15) is 5.01 Å². The number of likely N-dealkylation sites (tertiary alicyclic amines) is 1. The minimum Gasteiger partial charge on any atom is -0.318 e. The van der Waals surface area contributed by atoms with Crippen LogP contribution >= 0.6 is 11.3 Å². The molecular weight excluding hydrogens is 382 g/mol. The van der Waals surface area contributed by atoms with E-state index < -0.39 is 30.1 Å². The van der Waals surface area contributed by atoms with Crippen LogP contribution in [0.4, 0.5) is 28.0 Å². The van der Waals surface area contributed by atoms with Crippen LogP contribution in [0.5, 0.6) is 0 Å². The maximum absolute atomic E-state index is 13.4. The Bertz CT molecular complexity index is 1040. The van der Waals surface area contributed by atoms with Crippen LogP contribution in [0.2, 0.25) is 0 Å². The number of thiazole rings is 1. The molecule has 1 N–H and O–H groups in total. The van der Waals surface area contributed by atoms with Crippen molar-refractivity contribution in [3.05, 3.63) is 48.0 Å². The Morgan fingerprint density at radius 1 is 1.15 bits per heavy atom. The number of aromatic nitrogens is 1. The molecule has 2 amide bonds. The number of carbonyl (C=O) groups excluding carboxylic acids is 1. The van der Waals surface area contributed by atoms with Gasteiger partial charge in [0.25, 0.3) is 5.92 Å². The number of amides is 2. The largest absolute Gasteiger partial charge is 0.322 e. The molecule has 0 atom stereocenters. The maximum atomic E-state index is 13.4. The monoisotopic (exact) mass is 395 g/mol. The first-order valence-electron chi connectivity index (χ1n) is 8.10. The van der Waals surface area contributed by atoms with Gasteiger partial charge in [0.15, 0.2) is 11.6 Å². The quantitative estimate of drug-likeness (QED) is 0.613. The standard InChI is InChI=1S/C18H13F4N3OS/c19-12-3-1-10(7-13(12)20)16-24-14-8-11(2-4-15(14)27-16)23-17(26)25-6-5-18(21,22)9-25/h1-4,7-8H,5-6,9H2,(H,23,26). The van der Waals surface area contributed by atoms with E-state index in [0.29, 0.717) is 21.8 Å². The second kappa shape index (κ2) is 6.49. The van der Waals surface area contributed by atoms with Gasteiger partial charge < -0.3 is 10.2 Å². The summed E-state index contributed by atoms with van der Waals surface area (Å²) in [6, 6.07) is 7.93. The van der Waals surface area contributed by atoms with Crippen LogP contribution in [0.3, 0.4) is 0 Å². The fourth-order valence-electron chi connectivity index (χ4n) is 2.87. The van der Waals surface area contributed by atoms with Gasteiger partial charge in [0.05, 0.1) is 16.8 Å². The number of nitrogens with one attached hydrogen (secondary N) is 1. The zero-order valence-corrected chi connectivity index (χ0v) is 14.6. The number of carbonyl (C=O) groups is 1. The van der Waals surface area contributed by atoms with Crippen molar-refractivity contribution in [2.45, 2.75) is 12.3 Å². The number of benzene rings is 2. The van der Waals surface area contributed by atoms with E-state index in [4.69, 9.17) is 0 Å². The molecule has 1 aromatic heterocycles. The predicted molar refractivity (Wildman–Crippen MR) is 95.1 cm³/mol. The highest BCUT2D eigenvalue weighted by Gasteiger charge is 2.40. The van der Waals surface area contributed by atoms with Gasteiger partial charge in [-0.2, -0.15) is 0 Å². The van der Waals surface area contributed by atoms with Crippen molar-refractivity contribution in [1.82, 2.24) is 9.88 Å². The normalized spacial score (nSPS) is 16.1. The molecule has 0 saturated carbocycles. The molecule has 2 aromatic carbocycles. The van der Waals surface area contributed by atoms with Gasteiger partial charge in [-0.05, 0) is 36.4 Å². The summed E-state index contributed by atoms with van der Waals surface area (Å²) in [6.45, 7) is -0.601. The van der Waals surface area contributed by atoms with Crippen molar-refractivity contribution >= 4 is 33.3 Å².